The standard InChI is InChI=1S/C10H15N4O4.Y/c11-7-2-10(18)14-5-13-9(17)1-6(4-15)12-3-8(7)16;/h6-7,12H,1-3,5,11H2,(H,13,17)(H,14,18);/q-1;. The quantitative estimate of drug-likeness (QED) is 0.374. The van der Waals surface area contributed by atoms with Crippen LogP contribution in [0.1, 0.15) is 12.8 Å². The van der Waals surface area contributed by atoms with Crippen LogP contribution in [0, 0.1) is 0 Å². The summed E-state index contributed by atoms with van der Waals surface area (Å²) in [6.45, 7) is -0.244. The first-order valence-corrected chi connectivity index (χ1v) is 5.45. The second-order valence-electron chi connectivity index (χ2n) is 3.91. The average molecular weight is 344 g/mol. The predicted molar refractivity (Wildman–Crippen MR) is 60.9 cm³/mol. The molecule has 8 nitrogen and oxygen atoms in total. The van der Waals surface area contributed by atoms with E-state index in [1.54, 1.807) is 6.29 Å². The fourth-order valence-electron chi connectivity index (χ4n) is 1.40. The van der Waals surface area contributed by atoms with Gasteiger partial charge >= 0.3 is 0 Å². The number of carbonyl (C=O) groups excluding carboxylic acids is 4. The van der Waals surface area contributed by atoms with Crippen molar-refractivity contribution in [3.05, 3.63) is 0 Å². The van der Waals surface area contributed by atoms with Gasteiger partial charge in [-0.15, -0.1) is 0 Å². The van der Waals surface area contributed by atoms with Crippen molar-refractivity contribution >= 4 is 23.9 Å². The number of rotatable bonds is 1. The van der Waals surface area contributed by atoms with E-state index in [2.05, 4.69) is 16.0 Å². The van der Waals surface area contributed by atoms with Crippen LogP contribution in [-0.4, -0.2) is 49.2 Å². The molecule has 0 bridgehead atoms. The Morgan fingerprint density at radius 3 is 2.26 bits per heavy atom. The molecule has 2 atom stereocenters. The smallest absolute Gasteiger partial charge is 0.223 e. The van der Waals surface area contributed by atoms with Gasteiger partial charge in [-0.05, 0) is 0 Å². The van der Waals surface area contributed by atoms with E-state index in [1.807, 2.05) is 0 Å². The van der Waals surface area contributed by atoms with Crippen LogP contribution >= 0.6 is 0 Å². The van der Waals surface area contributed by atoms with E-state index >= 15 is 0 Å². The van der Waals surface area contributed by atoms with Crippen molar-refractivity contribution in [2.45, 2.75) is 24.9 Å². The molecule has 1 heterocycles. The second-order valence-corrected chi connectivity index (χ2v) is 3.91. The van der Waals surface area contributed by atoms with Crippen molar-refractivity contribution < 1.29 is 51.9 Å². The molecule has 19 heavy (non-hydrogen) atoms. The Labute approximate surface area is 135 Å². The molecular formula is C10H15N4O4Y-. The summed E-state index contributed by atoms with van der Waals surface area (Å²) >= 11 is 0. The number of amides is 2. The first-order chi connectivity index (χ1) is 8.52. The maximum Gasteiger partial charge on any atom is 0.223 e. The molecule has 0 saturated carbocycles. The summed E-state index contributed by atoms with van der Waals surface area (Å²) in [4.78, 5) is 44.7. The Bertz CT molecular complexity index is 363. The molecule has 1 radical (unpaired) electrons. The fraction of sp³-hybridized carbons (Fsp3) is 0.600. The first kappa shape index (κ1) is 18.3. The minimum atomic E-state index is -0.931. The molecule has 5 N–H and O–H groups in total. The first-order valence-electron chi connectivity index (χ1n) is 5.45. The molecule has 2 amide bonds. The van der Waals surface area contributed by atoms with Crippen LogP contribution in [0.2, 0.25) is 0 Å². The van der Waals surface area contributed by atoms with E-state index in [1.165, 1.54) is 0 Å². The zero-order valence-corrected chi connectivity index (χ0v) is 13.1. The molecule has 1 aliphatic rings. The van der Waals surface area contributed by atoms with Gasteiger partial charge in [0.25, 0.3) is 0 Å². The van der Waals surface area contributed by atoms with Crippen LogP contribution < -0.4 is 21.7 Å². The number of nitrogens with one attached hydrogen (secondary N) is 3. The Hall–Kier alpha value is -0.696. The number of Topliss-reactive ketones (excluding diaryl/α,β-unsaturated/α-hetero) is 1. The van der Waals surface area contributed by atoms with Gasteiger partial charge < -0.3 is 26.5 Å². The average Bonchev–Trinajstić information content (AvgIpc) is 2.32. The summed E-state index contributed by atoms with van der Waals surface area (Å²) in [7, 11) is 0. The van der Waals surface area contributed by atoms with Crippen molar-refractivity contribution in [1.82, 2.24) is 16.0 Å². The second kappa shape index (κ2) is 9.25. The van der Waals surface area contributed by atoms with Crippen molar-refractivity contribution in [2.75, 3.05) is 13.2 Å². The molecular weight excluding hydrogens is 329 g/mol. The van der Waals surface area contributed by atoms with E-state index < -0.39 is 29.7 Å². The number of carbonyl (C=O) groups is 3. The van der Waals surface area contributed by atoms with Crippen molar-refractivity contribution in [3.8, 4) is 0 Å². The summed E-state index contributed by atoms with van der Waals surface area (Å²) < 4.78 is 0. The van der Waals surface area contributed by atoms with E-state index in [0.29, 0.717) is 0 Å². The molecule has 103 valence electrons. The van der Waals surface area contributed by atoms with Gasteiger partial charge in [0.2, 0.25) is 11.8 Å². The Morgan fingerprint density at radius 1 is 1.11 bits per heavy atom. The predicted octanol–water partition coefficient (Wildman–Crippen LogP) is -3.07. The Kier molecular flexibility index (Phi) is 8.91. The van der Waals surface area contributed by atoms with Gasteiger partial charge in [0, 0.05) is 45.6 Å². The van der Waals surface area contributed by atoms with Gasteiger partial charge in [0.1, 0.15) is 0 Å². The van der Waals surface area contributed by atoms with Gasteiger partial charge in [-0.1, -0.05) is 6.04 Å². The maximum atomic E-state index is 11.5. The van der Waals surface area contributed by atoms with E-state index in [4.69, 9.17) is 5.73 Å². The third-order valence-electron chi connectivity index (χ3n) is 2.44. The summed E-state index contributed by atoms with van der Waals surface area (Å²) in [6, 6.07) is -1.80. The van der Waals surface area contributed by atoms with Gasteiger partial charge in [-0.25, -0.2) is 6.29 Å². The molecule has 0 aromatic rings. The molecule has 1 fully saturated rings. The molecule has 2 unspecified atom stereocenters. The van der Waals surface area contributed by atoms with Crippen LogP contribution in [-0.2, 0) is 51.9 Å². The summed E-state index contributed by atoms with van der Waals surface area (Å²) in [6.07, 6.45) is 1.32. The summed E-state index contributed by atoms with van der Waals surface area (Å²) in [5, 5.41) is 7.37. The fourth-order valence-corrected chi connectivity index (χ4v) is 1.40. The van der Waals surface area contributed by atoms with Gasteiger partial charge in [0.05, 0.1) is 19.3 Å². The normalized spacial score (nSPS) is 26.1. The Morgan fingerprint density at radius 2 is 1.68 bits per heavy atom. The largest absolute Gasteiger partial charge is 0.540 e. The van der Waals surface area contributed by atoms with Crippen LogP contribution in [0.5, 0.6) is 0 Å². The number of hydrogen-bond acceptors (Lipinski definition) is 6. The zero-order chi connectivity index (χ0) is 13.5. The number of ketones is 1. The van der Waals surface area contributed by atoms with Crippen LogP contribution in [0.4, 0.5) is 0 Å². The van der Waals surface area contributed by atoms with Gasteiger partial charge in [-0.2, -0.15) is 0 Å². The molecule has 1 aliphatic heterocycles. The monoisotopic (exact) mass is 344 g/mol. The van der Waals surface area contributed by atoms with Crippen LogP contribution in [0.3, 0.4) is 0 Å². The maximum absolute atomic E-state index is 11.5. The molecule has 0 aromatic carbocycles. The molecule has 9 heteroatoms. The van der Waals surface area contributed by atoms with Crippen molar-refractivity contribution in [1.29, 1.82) is 0 Å². The van der Waals surface area contributed by atoms with Gasteiger partial charge in [0.15, 0.2) is 5.78 Å². The Balaban J connectivity index is 0.00000324. The number of nitrogens with two attached hydrogens (primary N) is 1. The third-order valence-corrected chi connectivity index (χ3v) is 2.44. The topological polar surface area (TPSA) is 130 Å². The molecule has 1 rings (SSSR count). The van der Waals surface area contributed by atoms with E-state index in [0.717, 1.165) is 0 Å². The zero-order valence-electron chi connectivity index (χ0n) is 10.3. The van der Waals surface area contributed by atoms with Crippen LogP contribution in [0.25, 0.3) is 0 Å². The summed E-state index contributed by atoms with van der Waals surface area (Å²) in [5.74, 6) is -1.24. The van der Waals surface area contributed by atoms with Gasteiger partial charge in [-0.3, -0.25) is 14.4 Å². The molecule has 0 spiro atoms. The van der Waals surface area contributed by atoms with Crippen molar-refractivity contribution in [2.24, 2.45) is 5.73 Å². The summed E-state index contributed by atoms with van der Waals surface area (Å²) in [5.41, 5.74) is 5.53. The number of hydrogen-bond donors (Lipinski definition) is 4. The molecule has 0 aliphatic carbocycles. The minimum Gasteiger partial charge on any atom is -0.540 e. The van der Waals surface area contributed by atoms with Crippen LogP contribution in [0.15, 0.2) is 0 Å². The third kappa shape index (κ3) is 6.86. The van der Waals surface area contributed by atoms with Crippen molar-refractivity contribution in [3.63, 3.8) is 0 Å². The van der Waals surface area contributed by atoms with E-state index in [9.17, 15) is 19.2 Å². The molecule has 0 aromatic heterocycles. The van der Waals surface area contributed by atoms with E-state index in [-0.39, 0.29) is 58.8 Å². The molecule has 1 saturated heterocycles. The SMILES string of the molecule is NC1CC(=O)NCNC(=O)CC([C-]=O)NCC1=O.[Y]. The minimum absolute atomic E-state index is 0.